The Morgan fingerprint density at radius 1 is 0.967 bits per heavy atom. The molecule has 154 valence electrons. The first-order chi connectivity index (χ1) is 14.6. The van der Waals surface area contributed by atoms with Crippen molar-refractivity contribution in [2.75, 3.05) is 18.5 Å². The molecular weight excluding hydrogens is 398 g/mol. The Kier molecular flexibility index (Phi) is 5.86. The number of benzene rings is 2. The quantitative estimate of drug-likeness (QED) is 0.507. The maximum absolute atomic E-state index is 12.5. The first kappa shape index (κ1) is 20.2. The van der Waals surface area contributed by atoms with Crippen molar-refractivity contribution in [3.8, 4) is 11.1 Å². The molecule has 0 radical (unpaired) electrons. The van der Waals surface area contributed by atoms with Gasteiger partial charge in [0.1, 0.15) is 11.6 Å². The Labute approximate surface area is 179 Å². The number of aryl methyl sites for hydroxylation is 1. The molecule has 1 aliphatic carbocycles. The minimum Gasteiger partial charge on any atom is -0.462 e. The van der Waals surface area contributed by atoms with Crippen molar-refractivity contribution < 1.29 is 19.1 Å². The number of carbonyl (C=O) groups is 2. The van der Waals surface area contributed by atoms with Crippen LogP contribution in [0.3, 0.4) is 0 Å². The third-order valence-corrected chi connectivity index (χ3v) is 6.38. The molecule has 0 atom stereocenters. The van der Waals surface area contributed by atoms with Crippen LogP contribution in [0.1, 0.15) is 46.1 Å². The van der Waals surface area contributed by atoms with Gasteiger partial charge < -0.3 is 9.47 Å². The number of anilines is 1. The number of fused-ring (bicyclic) bond motifs is 3. The van der Waals surface area contributed by atoms with E-state index in [0.717, 1.165) is 22.4 Å². The van der Waals surface area contributed by atoms with Gasteiger partial charge in [-0.1, -0.05) is 55.5 Å². The SMILES string of the molecule is CCOC(=O)c1cc(CC)sc1NC(=O)OCC1c2ccccc2-c2ccccc21. The summed E-state index contributed by atoms with van der Waals surface area (Å²) in [5.41, 5.74) is 5.04. The summed E-state index contributed by atoms with van der Waals surface area (Å²) in [4.78, 5) is 25.7. The molecule has 1 heterocycles. The van der Waals surface area contributed by atoms with Gasteiger partial charge in [0.05, 0.1) is 12.2 Å². The lowest BCUT2D eigenvalue weighted by atomic mass is 9.98. The maximum atomic E-state index is 12.5. The zero-order valence-corrected chi connectivity index (χ0v) is 17.8. The third kappa shape index (κ3) is 3.83. The molecule has 0 aliphatic heterocycles. The summed E-state index contributed by atoms with van der Waals surface area (Å²) in [6, 6.07) is 18.1. The average Bonchev–Trinajstić information content (AvgIpc) is 3.31. The van der Waals surface area contributed by atoms with Gasteiger partial charge in [0, 0.05) is 10.8 Å². The molecule has 6 heteroatoms. The smallest absolute Gasteiger partial charge is 0.412 e. The van der Waals surface area contributed by atoms with Gasteiger partial charge in [-0.05, 0) is 41.7 Å². The molecule has 0 saturated carbocycles. The summed E-state index contributed by atoms with van der Waals surface area (Å²) in [6.07, 6.45) is 0.190. The second kappa shape index (κ2) is 8.71. The molecule has 0 fully saturated rings. The number of rotatable bonds is 6. The van der Waals surface area contributed by atoms with E-state index in [1.165, 1.54) is 22.5 Å². The van der Waals surface area contributed by atoms with Crippen molar-refractivity contribution in [1.29, 1.82) is 0 Å². The first-order valence-corrected chi connectivity index (χ1v) is 10.9. The van der Waals surface area contributed by atoms with E-state index in [9.17, 15) is 9.59 Å². The summed E-state index contributed by atoms with van der Waals surface area (Å²) in [7, 11) is 0. The van der Waals surface area contributed by atoms with E-state index in [1.54, 1.807) is 13.0 Å². The molecule has 4 rings (SSSR count). The van der Waals surface area contributed by atoms with Crippen LogP contribution in [0.5, 0.6) is 0 Å². The van der Waals surface area contributed by atoms with Gasteiger partial charge in [-0.3, -0.25) is 5.32 Å². The van der Waals surface area contributed by atoms with Crippen LogP contribution in [0.2, 0.25) is 0 Å². The summed E-state index contributed by atoms with van der Waals surface area (Å²) in [5, 5.41) is 3.19. The number of carbonyl (C=O) groups excluding carboxylic acids is 2. The molecule has 1 aliphatic rings. The van der Waals surface area contributed by atoms with E-state index in [1.807, 2.05) is 31.2 Å². The summed E-state index contributed by atoms with van der Waals surface area (Å²) < 4.78 is 10.7. The minimum atomic E-state index is -0.577. The molecule has 1 amide bonds. The molecule has 0 spiro atoms. The highest BCUT2D eigenvalue weighted by Gasteiger charge is 2.29. The van der Waals surface area contributed by atoms with Gasteiger partial charge in [-0.2, -0.15) is 0 Å². The molecule has 0 bridgehead atoms. The lowest BCUT2D eigenvalue weighted by Crippen LogP contribution is -2.18. The van der Waals surface area contributed by atoms with Gasteiger partial charge in [-0.15, -0.1) is 11.3 Å². The standard InChI is InChI=1S/C24H23NO4S/c1-3-15-13-20(23(26)28-4-2)22(30-15)25-24(27)29-14-21-18-11-7-5-9-16(18)17-10-6-8-12-19(17)21/h5-13,21H,3-4,14H2,1-2H3,(H,25,27). The van der Waals surface area contributed by atoms with E-state index >= 15 is 0 Å². The lowest BCUT2D eigenvalue weighted by Gasteiger charge is -2.14. The number of amides is 1. The number of nitrogens with one attached hydrogen (secondary N) is 1. The number of ether oxygens (including phenoxy) is 2. The number of hydrogen-bond acceptors (Lipinski definition) is 5. The third-order valence-electron chi connectivity index (χ3n) is 5.19. The molecule has 5 nitrogen and oxygen atoms in total. The zero-order valence-electron chi connectivity index (χ0n) is 16.9. The Morgan fingerprint density at radius 2 is 1.60 bits per heavy atom. The number of hydrogen-bond donors (Lipinski definition) is 1. The molecule has 3 aromatic rings. The normalized spacial score (nSPS) is 12.2. The van der Waals surface area contributed by atoms with Gasteiger partial charge in [0.15, 0.2) is 0 Å². The van der Waals surface area contributed by atoms with Gasteiger partial charge in [-0.25, -0.2) is 9.59 Å². The van der Waals surface area contributed by atoms with Crippen LogP contribution in [0, 0.1) is 0 Å². The summed E-state index contributed by atoms with van der Waals surface area (Å²) in [5.74, 6) is -0.454. The van der Waals surface area contributed by atoms with Gasteiger partial charge in [0.2, 0.25) is 0 Å². The van der Waals surface area contributed by atoms with Crippen LogP contribution < -0.4 is 5.32 Å². The number of esters is 1. The van der Waals surface area contributed by atoms with E-state index in [2.05, 4.69) is 29.6 Å². The molecule has 1 N–H and O–H groups in total. The Hall–Kier alpha value is -3.12. The van der Waals surface area contributed by atoms with Crippen molar-refractivity contribution in [1.82, 2.24) is 0 Å². The molecule has 0 unspecified atom stereocenters. The predicted octanol–water partition coefficient (Wildman–Crippen LogP) is 5.85. The summed E-state index contributed by atoms with van der Waals surface area (Å²) >= 11 is 1.36. The van der Waals surface area contributed by atoms with Crippen LogP contribution in [0.4, 0.5) is 9.80 Å². The molecular formula is C24H23NO4S. The molecule has 2 aromatic carbocycles. The molecule has 30 heavy (non-hydrogen) atoms. The van der Waals surface area contributed by atoms with Crippen molar-refractivity contribution in [3.05, 3.63) is 76.2 Å². The highest BCUT2D eigenvalue weighted by molar-refractivity contribution is 7.16. The van der Waals surface area contributed by atoms with Crippen molar-refractivity contribution in [2.45, 2.75) is 26.2 Å². The largest absolute Gasteiger partial charge is 0.462 e. The predicted molar refractivity (Wildman–Crippen MR) is 118 cm³/mol. The van der Waals surface area contributed by atoms with E-state index < -0.39 is 12.1 Å². The topological polar surface area (TPSA) is 64.6 Å². The Bertz CT molecular complexity index is 1040. The van der Waals surface area contributed by atoms with Crippen LogP contribution in [-0.2, 0) is 15.9 Å². The Balaban J connectivity index is 1.49. The van der Waals surface area contributed by atoms with Crippen molar-refractivity contribution in [2.24, 2.45) is 0 Å². The van der Waals surface area contributed by atoms with Crippen molar-refractivity contribution >= 4 is 28.4 Å². The van der Waals surface area contributed by atoms with Crippen LogP contribution in [-0.4, -0.2) is 25.3 Å². The second-order valence-electron chi connectivity index (χ2n) is 6.98. The lowest BCUT2D eigenvalue weighted by molar-refractivity contribution is 0.0528. The Morgan fingerprint density at radius 3 is 2.20 bits per heavy atom. The monoisotopic (exact) mass is 421 g/mol. The summed E-state index contributed by atoms with van der Waals surface area (Å²) in [6.45, 7) is 4.25. The minimum absolute atomic E-state index is 0.0118. The first-order valence-electron chi connectivity index (χ1n) is 10.0. The molecule has 1 aromatic heterocycles. The zero-order chi connectivity index (χ0) is 21.1. The fraction of sp³-hybridized carbons (Fsp3) is 0.250. The fourth-order valence-electron chi connectivity index (χ4n) is 3.80. The van der Waals surface area contributed by atoms with Crippen LogP contribution in [0.15, 0.2) is 54.6 Å². The van der Waals surface area contributed by atoms with Gasteiger partial charge >= 0.3 is 12.1 Å². The van der Waals surface area contributed by atoms with E-state index in [4.69, 9.17) is 9.47 Å². The van der Waals surface area contributed by atoms with E-state index in [-0.39, 0.29) is 19.1 Å². The number of thiophene rings is 1. The highest BCUT2D eigenvalue weighted by Crippen LogP contribution is 2.44. The maximum Gasteiger partial charge on any atom is 0.412 e. The van der Waals surface area contributed by atoms with Crippen LogP contribution in [0.25, 0.3) is 11.1 Å². The van der Waals surface area contributed by atoms with Gasteiger partial charge in [0.25, 0.3) is 0 Å². The second-order valence-corrected chi connectivity index (χ2v) is 8.12. The van der Waals surface area contributed by atoms with E-state index in [0.29, 0.717) is 10.6 Å². The molecule has 0 saturated heterocycles. The van der Waals surface area contributed by atoms with Crippen molar-refractivity contribution in [3.63, 3.8) is 0 Å². The fourth-order valence-corrected chi connectivity index (χ4v) is 4.77. The average molecular weight is 422 g/mol. The highest BCUT2D eigenvalue weighted by atomic mass is 32.1. The van der Waals surface area contributed by atoms with Crippen LogP contribution >= 0.6 is 11.3 Å².